The van der Waals surface area contributed by atoms with Gasteiger partial charge >= 0.3 is 6.61 Å². The highest BCUT2D eigenvalue weighted by atomic mass is 32.2. The number of thiazole rings is 1. The lowest BCUT2D eigenvalue weighted by atomic mass is 10.1. The van der Waals surface area contributed by atoms with Gasteiger partial charge in [0.05, 0.1) is 32.2 Å². The number of alkyl halides is 2. The summed E-state index contributed by atoms with van der Waals surface area (Å²) < 4.78 is 32.4. The molecular weight excluding hydrogens is 580 g/mol. The molecule has 5 aromatic rings. The Hall–Kier alpha value is -3.55. The van der Waals surface area contributed by atoms with Gasteiger partial charge < -0.3 is 20.5 Å². The molecule has 224 valence electrons. The topological polar surface area (TPSA) is 110 Å². The van der Waals surface area contributed by atoms with Gasteiger partial charge in [-0.3, -0.25) is 4.68 Å². The highest BCUT2D eigenvalue weighted by Gasteiger charge is 2.19. The summed E-state index contributed by atoms with van der Waals surface area (Å²) in [5.41, 5.74) is 4.62. The first kappa shape index (κ1) is 31.4. The van der Waals surface area contributed by atoms with E-state index in [0.29, 0.717) is 27.8 Å². The van der Waals surface area contributed by atoms with Gasteiger partial charge in [0.15, 0.2) is 0 Å². The molecule has 0 aliphatic heterocycles. The molecule has 0 saturated heterocycles. The largest absolute Gasteiger partial charge is 0.507 e. The summed E-state index contributed by atoms with van der Waals surface area (Å²) >= 11 is 3.47. The lowest BCUT2D eigenvalue weighted by molar-refractivity contribution is -0.0527. The van der Waals surface area contributed by atoms with Gasteiger partial charge in [-0.25, -0.2) is 15.0 Å². The van der Waals surface area contributed by atoms with Crippen LogP contribution in [0.25, 0.3) is 32.2 Å². The first-order valence-electron chi connectivity index (χ1n) is 13.7. The van der Waals surface area contributed by atoms with Gasteiger partial charge in [-0.05, 0) is 73.8 Å². The average molecular weight is 616 g/mol. The molecule has 9 nitrogen and oxygen atoms in total. The van der Waals surface area contributed by atoms with Crippen LogP contribution in [-0.2, 0) is 7.05 Å². The average Bonchev–Trinajstić information content (AvgIpc) is 3.58. The minimum atomic E-state index is -3.02. The van der Waals surface area contributed by atoms with E-state index in [1.54, 1.807) is 18.6 Å². The van der Waals surface area contributed by atoms with E-state index >= 15 is 0 Å². The van der Waals surface area contributed by atoms with Crippen LogP contribution in [0.1, 0.15) is 32.6 Å². The van der Waals surface area contributed by atoms with Crippen molar-refractivity contribution in [2.75, 3.05) is 30.4 Å². The number of thioether (sulfide) groups is 1. The molecule has 0 aliphatic carbocycles. The van der Waals surface area contributed by atoms with Crippen LogP contribution in [0.15, 0.2) is 48.4 Å². The number of nitrogens with one attached hydrogen (secondary N) is 2. The fraction of sp³-hybridized carbons (Fsp3) is 0.379. The number of fused-ring (bicyclic) bond motifs is 2. The molecule has 0 saturated carbocycles. The van der Waals surface area contributed by atoms with E-state index in [0.717, 1.165) is 22.4 Å². The van der Waals surface area contributed by atoms with Crippen molar-refractivity contribution in [3.05, 3.63) is 48.4 Å². The van der Waals surface area contributed by atoms with Crippen LogP contribution in [0, 0.1) is 0 Å². The second-order valence-corrected chi connectivity index (χ2v) is 11.3. The molecule has 3 aromatic heterocycles. The van der Waals surface area contributed by atoms with E-state index in [2.05, 4.69) is 48.6 Å². The zero-order valence-electron chi connectivity index (χ0n) is 23.8. The van der Waals surface area contributed by atoms with Crippen LogP contribution in [0.3, 0.4) is 0 Å². The molecule has 0 aliphatic rings. The minimum Gasteiger partial charge on any atom is -0.507 e. The Morgan fingerprint density at radius 3 is 2.69 bits per heavy atom. The summed E-state index contributed by atoms with van der Waals surface area (Å²) in [6.07, 6.45) is 10.6. The van der Waals surface area contributed by atoms with Crippen LogP contribution in [0.5, 0.6) is 11.6 Å². The molecule has 0 bridgehead atoms. The Morgan fingerprint density at radius 2 is 1.90 bits per heavy atom. The predicted octanol–water partition coefficient (Wildman–Crippen LogP) is 7.21. The summed E-state index contributed by atoms with van der Waals surface area (Å²) in [6, 6.07) is 8.80. The van der Waals surface area contributed by atoms with Crippen LogP contribution < -0.4 is 15.4 Å². The zero-order valence-corrected chi connectivity index (χ0v) is 25.4. The van der Waals surface area contributed by atoms with Gasteiger partial charge in [-0.15, -0.1) is 16.4 Å². The summed E-state index contributed by atoms with van der Waals surface area (Å²) in [5, 5.41) is 21.6. The number of nitrogens with zero attached hydrogens (tertiary/aromatic N) is 5. The number of phenols is 1. The normalized spacial score (nSPS) is 11.2. The van der Waals surface area contributed by atoms with Crippen molar-refractivity contribution >= 4 is 55.7 Å². The van der Waals surface area contributed by atoms with Crippen molar-refractivity contribution in [1.82, 2.24) is 30.0 Å². The highest BCUT2D eigenvalue weighted by molar-refractivity contribution is 7.98. The number of halogens is 2. The molecule has 0 radical (unpaired) electrons. The molecule has 3 N–H and O–H groups in total. The van der Waals surface area contributed by atoms with Crippen molar-refractivity contribution in [2.24, 2.45) is 7.05 Å². The third-order valence-corrected chi connectivity index (χ3v) is 7.81. The fourth-order valence-corrected chi connectivity index (χ4v) is 5.56. The Kier molecular flexibility index (Phi) is 11.7. The van der Waals surface area contributed by atoms with Gasteiger partial charge in [-0.2, -0.15) is 20.5 Å². The zero-order chi connectivity index (χ0) is 29.9. The molecule has 13 heteroatoms. The lowest BCUT2D eigenvalue weighted by Crippen LogP contribution is -2.13. The highest BCUT2D eigenvalue weighted by Crippen LogP contribution is 2.38. The first-order valence-corrected chi connectivity index (χ1v) is 15.9. The number of aryl methyl sites for hydroxylation is 1. The Bertz CT molecular complexity index is 1570. The number of phenolic OH excluding ortho intramolecular Hbond substituents is 1. The molecule has 0 spiro atoms. The monoisotopic (exact) mass is 615 g/mol. The number of aromatic hydroxyl groups is 1. The number of ether oxygens (including phenoxy) is 1. The first-order chi connectivity index (χ1) is 20.4. The van der Waals surface area contributed by atoms with Gasteiger partial charge in [0.1, 0.15) is 17.9 Å². The number of rotatable bonds is 13. The molecule has 0 fully saturated rings. The van der Waals surface area contributed by atoms with Crippen LogP contribution >= 0.6 is 23.1 Å². The van der Waals surface area contributed by atoms with E-state index < -0.39 is 6.61 Å². The second kappa shape index (κ2) is 15.6. The van der Waals surface area contributed by atoms with Crippen molar-refractivity contribution < 1.29 is 18.6 Å². The van der Waals surface area contributed by atoms with Gasteiger partial charge in [0, 0.05) is 18.9 Å². The molecule has 0 amide bonds. The number of hydrogen-bond acceptors (Lipinski definition) is 10. The van der Waals surface area contributed by atoms with Gasteiger partial charge in [0.2, 0.25) is 5.88 Å². The van der Waals surface area contributed by atoms with Crippen molar-refractivity contribution in [2.45, 2.75) is 39.2 Å². The predicted molar refractivity (Wildman–Crippen MR) is 168 cm³/mol. The Morgan fingerprint density at radius 1 is 1.07 bits per heavy atom. The number of hydrogen-bond donors (Lipinski definition) is 3. The third kappa shape index (κ3) is 8.49. The second-order valence-electron chi connectivity index (χ2n) is 9.43. The van der Waals surface area contributed by atoms with E-state index in [4.69, 9.17) is 0 Å². The summed E-state index contributed by atoms with van der Waals surface area (Å²) in [5.74, 6) is 1.40. The molecule has 3 heterocycles. The Labute approximate surface area is 251 Å². The quantitative estimate of drug-likeness (QED) is 0.118. The SMILES string of the molecule is CCNCCCCCCSC.Cn1cc(-c2cc(O)c3c(Nc4ccc5ncsc5c4)ncnc3c2)c(OC(F)F)n1. The lowest BCUT2D eigenvalue weighted by Gasteiger charge is -2.11. The Balaban J connectivity index is 0.000000315. The number of unbranched alkanes of at least 4 members (excludes halogenated alkanes) is 3. The van der Waals surface area contributed by atoms with Crippen molar-refractivity contribution in [3.63, 3.8) is 0 Å². The van der Waals surface area contributed by atoms with E-state index in [1.807, 2.05) is 30.0 Å². The summed E-state index contributed by atoms with van der Waals surface area (Å²) in [6.45, 7) is 1.46. The molecule has 0 unspecified atom stereocenters. The number of anilines is 2. The number of aromatic nitrogens is 5. The molecule has 2 aromatic carbocycles. The van der Waals surface area contributed by atoms with Crippen LogP contribution in [0.2, 0.25) is 0 Å². The number of benzene rings is 2. The van der Waals surface area contributed by atoms with Crippen LogP contribution in [0.4, 0.5) is 20.3 Å². The fourth-order valence-electron chi connectivity index (χ4n) is 4.35. The smallest absolute Gasteiger partial charge is 0.388 e. The maximum atomic E-state index is 12.7. The van der Waals surface area contributed by atoms with E-state index in [-0.39, 0.29) is 11.6 Å². The van der Waals surface area contributed by atoms with Gasteiger partial charge in [-0.1, -0.05) is 19.8 Å². The molecule has 42 heavy (non-hydrogen) atoms. The van der Waals surface area contributed by atoms with E-state index in [1.165, 1.54) is 72.6 Å². The molecule has 5 rings (SSSR count). The molecule has 0 atom stereocenters. The molecular formula is C29H35F2N7O2S2. The van der Waals surface area contributed by atoms with Crippen molar-refractivity contribution in [1.29, 1.82) is 0 Å². The maximum Gasteiger partial charge on any atom is 0.388 e. The standard InChI is InChI=1S/C20H14F2N6O2S.C9H21NS/c1-28-7-12(19(27-28)30-20(21)22)10-4-14-17(15(29)5-10)18(24-8-23-14)26-11-2-3-13-16(6-11)31-9-25-13;1-3-10-8-6-4-5-7-9-11-2/h2-9,20,29H,1H3,(H,23,24,26);10H,3-9H2,1-2H3. The van der Waals surface area contributed by atoms with Gasteiger partial charge in [0.25, 0.3) is 0 Å². The maximum absolute atomic E-state index is 12.7. The summed E-state index contributed by atoms with van der Waals surface area (Å²) in [4.78, 5) is 12.8. The van der Waals surface area contributed by atoms with Crippen LogP contribution in [-0.4, -0.2) is 61.5 Å². The minimum absolute atomic E-state index is 0.110. The van der Waals surface area contributed by atoms with E-state index in [9.17, 15) is 13.9 Å². The van der Waals surface area contributed by atoms with Crippen molar-refractivity contribution in [3.8, 4) is 22.8 Å². The summed E-state index contributed by atoms with van der Waals surface area (Å²) in [7, 11) is 1.59. The third-order valence-electron chi connectivity index (χ3n) is 6.32.